The second-order valence-corrected chi connectivity index (χ2v) is 4.62. The molecule has 0 amide bonds. The molecule has 1 atom stereocenters. The first kappa shape index (κ1) is 11.9. The molecule has 1 fully saturated rings. The minimum absolute atomic E-state index is 0.422. The van der Waals surface area contributed by atoms with Gasteiger partial charge in [0.2, 0.25) is 0 Å². The number of carboxylic acids is 1. The quantitative estimate of drug-likeness (QED) is 0.785. The number of aliphatic carboxylic acids is 1. The molecule has 3 heterocycles. The smallest absolute Gasteiger partial charge is 0.327 e. The molecule has 1 unspecified atom stereocenters. The zero-order valence-electron chi connectivity index (χ0n) is 10.6. The monoisotopic (exact) mass is 261 g/mol. The summed E-state index contributed by atoms with van der Waals surface area (Å²) in [5.74, 6) is -0.163. The largest absolute Gasteiger partial charge is 0.480 e. The molecular formula is C12H15N5O2. The summed E-state index contributed by atoms with van der Waals surface area (Å²) in [6.07, 6.45) is 3.42. The van der Waals surface area contributed by atoms with Crippen molar-refractivity contribution in [2.45, 2.75) is 13.0 Å². The van der Waals surface area contributed by atoms with Crippen LogP contribution in [0.15, 0.2) is 18.5 Å². The van der Waals surface area contributed by atoms with E-state index in [0.29, 0.717) is 18.9 Å². The van der Waals surface area contributed by atoms with Gasteiger partial charge in [0.25, 0.3) is 0 Å². The number of aromatic nitrogens is 3. The molecule has 1 aliphatic heterocycles. The molecule has 7 nitrogen and oxygen atoms in total. The van der Waals surface area contributed by atoms with Gasteiger partial charge in [0.15, 0.2) is 5.82 Å². The SMILES string of the molecule is Cc1cc2c(N3CCNCC3C(=O)O)nccn2n1. The number of carbonyl (C=O) groups is 1. The predicted molar refractivity (Wildman–Crippen MR) is 69.4 cm³/mol. The van der Waals surface area contributed by atoms with E-state index in [-0.39, 0.29) is 0 Å². The van der Waals surface area contributed by atoms with Gasteiger partial charge >= 0.3 is 5.97 Å². The van der Waals surface area contributed by atoms with Gasteiger partial charge in [-0.1, -0.05) is 0 Å². The van der Waals surface area contributed by atoms with Crippen LogP contribution >= 0.6 is 0 Å². The van der Waals surface area contributed by atoms with Gasteiger partial charge in [-0.15, -0.1) is 0 Å². The van der Waals surface area contributed by atoms with Crippen LogP contribution in [0.2, 0.25) is 0 Å². The Morgan fingerprint density at radius 1 is 1.58 bits per heavy atom. The number of aryl methyl sites for hydroxylation is 1. The standard InChI is InChI=1S/C12H15N5O2/c1-8-6-9-11(14-3-5-17(9)15-8)16-4-2-13-7-10(16)12(18)19/h3,5-6,10,13H,2,4,7H2,1H3,(H,18,19). The van der Waals surface area contributed by atoms with Crippen molar-refractivity contribution in [2.24, 2.45) is 0 Å². The Morgan fingerprint density at radius 3 is 3.21 bits per heavy atom. The van der Waals surface area contributed by atoms with Crippen molar-refractivity contribution in [3.8, 4) is 0 Å². The number of hydrogen-bond donors (Lipinski definition) is 2. The molecule has 100 valence electrons. The van der Waals surface area contributed by atoms with E-state index in [4.69, 9.17) is 0 Å². The highest BCUT2D eigenvalue weighted by molar-refractivity contribution is 5.81. The van der Waals surface area contributed by atoms with Gasteiger partial charge in [0.1, 0.15) is 11.6 Å². The number of piperazine rings is 1. The minimum atomic E-state index is -0.841. The van der Waals surface area contributed by atoms with Crippen LogP contribution in [-0.4, -0.2) is 51.4 Å². The van der Waals surface area contributed by atoms with Gasteiger partial charge in [0, 0.05) is 32.0 Å². The van der Waals surface area contributed by atoms with E-state index in [1.807, 2.05) is 17.9 Å². The summed E-state index contributed by atoms with van der Waals surface area (Å²) in [6, 6.07) is 1.33. The van der Waals surface area contributed by atoms with Crippen LogP contribution in [0, 0.1) is 6.92 Å². The second-order valence-electron chi connectivity index (χ2n) is 4.62. The normalized spacial score (nSPS) is 19.8. The highest BCUT2D eigenvalue weighted by atomic mass is 16.4. The Kier molecular flexibility index (Phi) is 2.83. The van der Waals surface area contributed by atoms with Gasteiger partial charge < -0.3 is 15.3 Å². The van der Waals surface area contributed by atoms with Crippen LogP contribution in [0.5, 0.6) is 0 Å². The van der Waals surface area contributed by atoms with E-state index in [1.165, 1.54) is 0 Å². The summed E-state index contributed by atoms with van der Waals surface area (Å²) >= 11 is 0. The maximum atomic E-state index is 11.3. The lowest BCUT2D eigenvalue weighted by Crippen LogP contribution is -2.55. The van der Waals surface area contributed by atoms with Crippen LogP contribution in [0.25, 0.3) is 5.52 Å². The zero-order valence-corrected chi connectivity index (χ0v) is 10.6. The van der Waals surface area contributed by atoms with Crippen LogP contribution < -0.4 is 10.2 Å². The van der Waals surface area contributed by atoms with Crippen molar-refractivity contribution in [3.63, 3.8) is 0 Å². The maximum Gasteiger partial charge on any atom is 0.327 e. The summed E-state index contributed by atoms with van der Waals surface area (Å²) in [6.45, 7) is 3.70. The Hall–Kier alpha value is -2.15. The fraction of sp³-hybridized carbons (Fsp3) is 0.417. The van der Waals surface area contributed by atoms with Crippen molar-refractivity contribution in [3.05, 3.63) is 24.2 Å². The molecule has 0 saturated carbocycles. The van der Waals surface area contributed by atoms with Crippen LogP contribution in [0.1, 0.15) is 5.69 Å². The van der Waals surface area contributed by atoms with Gasteiger partial charge in [0.05, 0.1) is 5.69 Å². The lowest BCUT2D eigenvalue weighted by molar-refractivity contribution is -0.138. The van der Waals surface area contributed by atoms with Gasteiger partial charge in [-0.2, -0.15) is 5.10 Å². The second kappa shape index (κ2) is 4.51. The summed E-state index contributed by atoms with van der Waals surface area (Å²) in [5, 5.41) is 16.7. The zero-order chi connectivity index (χ0) is 13.4. The Bertz CT molecular complexity index is 624. The molecule has 19 heavy (non-hydrogen) atoms. The molecule has 2 aromatic heterocycles. The van der Waals surface area contributed by atoms with Gasteiger partial charge in [-0.25, -0.2) is 14.3 Å². The third-order valence-corrected chi connectivity index (χ3v) is 3.29. The molecule has 7 heteroatoms. The first-order chi connectivity index (χ1) is 9.16. The molecule has 1 aliphatic rings. The highest BCUT2D eigenvalue weighted by Gasteiger charge is 2.30. The number of rotatable bonds is 2. The molecule has 3 rings (SSSR count). The maximum absolute atomic E-state index is 11.3. The Balaban J connectivity index is 2.09. The number of fused-ring (bicyclic) bond motifs is 1. The first-order valence-electron chi connectivity index (χ1n) is 6.18. The molecule has 0 aromatic carbocycles. The molecule has 0 spiro atoms. The number of hydrogen-bond acceptors (Lipinski definition) is 5. The third kappa shape index (κ3) is 2.01. The molecule has 1 saturated heterocycles. The summed E-state index contributed by atoms with van der Waals surface area (Å²) in [4.78, 5) is 17.5. The molecule has 0 bridgehead atoms. The number of nitrogens with one attached hydrogen (secondary N) is 1. The molecule has 2 aromatic rings. The fourth-order valence-corrected chi connectivity index (χ4v) is 2.43. The van der Waals surface area contributed by atoms with Crippen molar-refractivity contribution in [1.29, 1.82) is 0 Å². The van der Waals surface area contributed by atoms with E-state index < -0.39 is 12.0 Å². The predicted octanol–water partition coefficient (Wildman–Crippen LogP) is -0.0995. The van der Waals surface area contributed by atoms with Crippen molar-refractivity contribution >= 4 is 17.3 Å². The number of anilines is 1. The van der Waals surface area contributed by atoms with E-state index in [1.54, 1.807) is 16.9 Å². The van der Waals surface area contributed by atoms with E-state index in [2.05, 4.69) is 15.4 Å². The molecular weight excluding hydrogens is 246 g/mol. The molecule has 2 N–H and O–H groups in total. The minimum Gasteiger partial charge on any atom is -0.480 e. The van der Waals surface area contributed by atoms with Crippen molar-refractivity contribution in [1.82, 2.24) is 19.9 Å². The number of nitrogens with zero attached hydrogens (tertiary/aromatic N) is 4. The van der Waals surface area contributed by atoms with Crippen LogP contribution in [-0.2, 0) is 4.79 Å². The van der Waals surface area contributed by atoms with Gasteiger partial charge in [-0.3, -0.25) is 0 Å². The topological polar surface area (TPSA) is 82.8 Å². The lowest BCUT2D eigenvalue weighted by atomic mass is 10.2. The van der Waals surface area contributed by atoms with E-state index in [0.717, 1.165) is 17.8 Å². The fourth-order valence-electron chi connectivity index (χ4n) is 2.43. The van der Waals surface area contributed by atoms with Crippen LogP contribution in [0.4, 0.5) is 5.82 Å². The highest BCUT2D eigenvalue weighted by Crippen LogP contribution is 2.22. The van der Waals surface area contributed by atoms with Crippen molar-refractivity contribution < 1.29 is 9.90 Å². The summed E-state index contributed by atoms with van der Waals surface area (Å²) in [7, 11) is 0. The van der Waals surface area contributed by atoms with Crippen LogP contribution in [0.3, 0.4) is 0 Å². The summed E-state index contributed by atoms with van der Waals surface area (Å²) in [5.41, 5.74) is 1.73. The average molecular weight is 261 g/mol. The lowest BCUT2D eigenvalue weighted by Gasteiger charge is -2.34. The van der Waals surface area contributed by atoms with Gasteiger partial charge in [-0.05, 0) is 13.0 Å². The Labute approximate surface area is 109 Å². The van der Waals surface area contributed by atoms with E-state index in [9.17, 15) is 9.90 Å². The first-order valence-corrected chi connectivity index (χ1v) is 6.18. The van der Waals surface area contributed by atoms with Crippen molar-refractivity contribution in [2.75, 3.05) is 24.5 Å². The third-order valence-electron chi connectivity index (χ3n) is 3.29. The average Bonchev–Trinajstić information content (AvgIpc) is 2.78. The molecule has 0 radical (unpaired) electrons. The Morgan fingerprint density at radius 2 is 2.42 bits per heavy atom. The number of carboxylic acid groups (broad SMARTS) is 1. The van der Waals surface area contributed by atoms with E-state index >= 15 is 0 Å². The molecule has 0 aliphatic carbocycles. The summed E-state index contributed by atoms with van der Waals surface area (Å²) < 4.78 is 1.73.